The highest BCUT2D eigenvalue weighted by atomic mass is 16.5. The van der Waals surface area contributed by atoms with Gasteiger partial charge >= 0.3 is 5.97 Å². The Morgan fingerprint density at radius 1 is 1.07 bits per heavy atom. The number of ether oxygens (including phenoxy) is 1. The summed E-state index contributed by atoms with van der Waals surface area (Å²) in [5, 5.41) is 7.94. The van der Waals surface area contributed by atoms with Gasteiger partial charge in [0.15, 0.2) is 0 Å². The Morgan fingerprint density at radius 3 is 2.66 bits per heavy atom. The molecule has 0 spiro atoms. The van der Waals surface area contributed by atoms with Crippen LogP contribution in [0.25, 0.3) is 10.9 Å². The summed E-state index contributed by atoms with van der Waals surface area (Å²) in [6.45, 7) is 0.635. The summed E-state index contributed by atoms with van der Waals surface area (Å²) in [7, 11) is 1.34. The summed E-state index contributed by atoms with van der Waals surface area (Å²) < 4.78 is 8.42. The topological polar surface area (TPSA) is 78.1 Å². The number of hydrogen-bond donors (Lipinski definition) is 1. The second-order valence-electron chi connectivity index (χ2n) is 6.59. The molecule has 146 valence electrons. The highest BCUT2D eigenvalue weighted by Gasteiger charge is 2.17. The van der Waals surface area contributed by atoms with Crippen molar-refractivity contribution >= 4 is 28.5 Å². The Balaban J connectivity index is 1.56. The fraction of sp³-hybridized carbons (Fsp3) is 0.136. The van der Waals surface area contributed by atoms with E-state index in [4.69, 9.17) is 4.74 Å². The minimum atomic E-state index is -0.426. The quantitative estimate of drug-likeness (QED) is 0.514. The van der Waals surface area contributed by atoms with Crippen molar-refractivity contribution in [3.63, 3.8) is 0 Å². The Labute approximate surface area is 167 Å². The first kappa shape index (κ1) is 18.5. The van der Waals surface area contributed by atoms with Crippen molar-refractivity contribution in [1.82, 2.24) is 14.3 Å². The van der Waals surface area contributed by atoms with Gasteiger partial charge in [-0.15, -0.1) is 0 Å². The number of hydrogen-bond acceptors (Lipinski definition) is 4. The minimum Gasteiger partial charge on any atom is -0.465 e. The van der Waals surface area contributed by atoms with Crippen molar-refractivity contribution in [1.29, 1.82) is 0 Å². The summed E-state index contributed by atoms with van der Waals surface area (Å²) in [5.74, 6) is -0.611. The molecule has 0 aliphatic carbocycles. The third-order valence-electron chi connectivity index (χ3n) is 4.69. The third-order valence-corrected chi connectivity index (χ3v) is 4.69. The molecule has 4 rings (SSSR count). The van der Waals surface area contributed by atoms with Gasteiger partial charge < -0.3 is 14.6 Å². The van der Waals surface area contributed by atoms with E-state index in [1.165, 1.54) is 7.11 Å². The summed E-state index contributed by atoms with van der Waals surface area (Å²) in [6.07, 6.45) is 5.25. The van der Waals surface area contributed by atoms with Crippen LogP contribution in [0.1, 0.15) is 15.9 Å². The van der Waals surface area contributed by atoms with Crippen LogP contribution >= 0.6 is 0 Å². The van der Waals surface area contributed by atoms with Crippen LogP contribution in [0.5, 0.6) is 0 Å². The number of rotatable bonds is 6. The average Bonchev–Trinajstić information content (AvgIpc) is 3.37. The number of esters is 1. The lowest BCUT2D eigenvalue weighted by molar-refractivity contribution is -0.116. The number of aromatic nitrogens is 3. The molecule has 1 N–H and O–H groups in total. The Hall–Kier alpha value is -3.87. The van der Waals surface area contributed by atoms with Gasteiger partial charge in [0, 0.05) is 35.2 Å². The van der Waals surface area contributed by atoms with E-state index in [0.29, 0.717) is 12.1 Å². The van der Waals surface area contributed by atoms with Crippen molar-refractivity contribution < 1.29 is 14.3 Å². The van der Waals surface area contributed by atoms with Crippen molar-refractivity contribution in [3.8, 4) is 0 Å². The molecule has 0 radical (unpaired) electrons. The molecule has 2 aromatic heterocycles. The van der Waals surface area contributed by atoms with Crippen LogP contribution in [0.4, 0.5) is 5.69 Å². The maximum Gasteiger partial charge on any atom is 0.340 e. The Bertz CT molecular complexity index is 1160. The minimum absolute atomic E-state index is 0.0770. The number of methoxy groups -OCH3 is 1. The standard InChI is InChI=1S/C22H20N4O3/c1-29-22(28)18-14-25(20-10-5-3-8-17(18)20)15-21(27)24-19-9-4-2-7-16(19)13-26-12-6-11-23-26/h2-12,14H,13,15H2,1H3,(H,24,27). The van der Waals surface area contributed by atoms with Gasteiger partial charge in [-0.1, -0.05) is 36.4 Å². The molecular weight excluding hydrogens is 368 g/mol. The number of carbonyl (C=O) groups is 2. The van der Waals surface area contributed by atoms with Gasteiger partial charge in [-0.3, -0.25) is 9.48 Å². The molecule has 29 heavy (non-hydrogen) atoms. The van der Waals surface area contributed by atoms with Crippen molar-refractivity contribution in [2.24, 2.45) is 0 Å². The maximum atomic E-state index is 12.8. The van der Waals surface area contributed by atoms with Crippen LogP contribution in [-0.2, 0) is 22.6 Å². The van der Waals surface area contributed by atoms with E-state index in [2.05, 4.69) is 10.4 Å². The first-order valence-electron chi connectivity index (χ1n) is 9.17. The summed E-state index contributed by atoms with van der Waals surface area (Å²) in [4.78, 5) is 24.8. The van der Waals surface area contributed by atoms with E-state index >= 15 is 0 Å². The van der Waals surface area contributed by atoms with Gasteiger partial charge in [0.05, 0.1) is 19.2 Å². The van der Waals surface area contributed by atoms with Crippen LogP contribution < -0.4 is 5.32 Å². The summed E-state index contributed by atoms with van der Waals surface area (Å²) >= 11 is 0. The van der Waals surface area contributed by atoms with Crippen molar-refractivity contribution in [3.05, 3.63) is 84.3 Å². The number of amides is 1. The smallest absolute Gasteiger partial charge is 0.340 e. The molecule has 2 heterocycles. The lowest BCUT2D eigenvalue weighted by Crippen LogP contribution is -2.19. The molecule has 0 saturated carbocycles. The molecule has 0 aliphatic rings. The zero-order chi connectivity index (χ0) is 20.2. The monoisotopic (exact) mass is 388 g/mol. The van der Waals surface area contributed by atoms with Gasteiger partial charge in [-0.2, -0.15) is 5.10 Å². The molecule has 0 saturated heterocycles. The largest absolute Gasteiger partial charge is 0.465 e. The molecule has 0 aliphatic heterocycles. The summed E-state index contributed by atoms with van der Waals surface area (Å²) in [5.41, 5.74) is 2.93. The van der Waals surface area contributed by atoms with Crippen molar-refractivity contribution in [2.45, 2.75) is 13.1 Å². The molecule has 0 unspecified atom stereocenters. The Kier molecular flexibility index (Phi) is 5.11. The zero-order valence-corrected chi connectivity index (χ0v) is 15.9. The van der Waals surface area contributed by atoms with E-state index in [1.807, 2.05) is 60.8 Å². The SMILES string of the molecule is COC(=O)c1cn(CC(=O)Nc2ccccc2Cn2cccn2)c2ccccc12. The fourth-order valence-corrected chi connectivity index (χ4v) is 3.34. The zero-order valence-electron chi connectivity index (χ0n) is 15.9. The van der Waals surface area contributed by atoms with Crippen LogP contribution in [0.2, 0.25) is 0 Å². The molecule has 2 aromatic carbocycles. The number of benzene rings is 2. The van der Waals surface area contributed by atoms with E-state index in [9.17, 15) is 9.59 Å². The third kappa shape index (κ3) is 3.89. The Morgan fingerprint density at radius 2 is 1.86 bits per heavy atom. The van der Waals surface area contributed by atoms with E-state index in [0.717, 1.165) is 22.2 Å². The number of nitrogens with one attached hydrogen (secondary N) is 1. The number of carbonyl (C=O) groups excluding carboxylic acids is 2. The van der Waals surface area contributed by atoms with E-state index in [-0.39, 0.29) is 12.5 Å². The molecule has 0 fully saturated rings. The van der Waals surface area contributed by atoms with Crippen LogP contribution in [0.15, 0.2) is 73.2 Å². The average molecular weight is 388 g/mol. The molecule has 4 aromatic rings. The fourth-order valence-electron chi connectivity index (χ4n) is 3.34. The molecular formula is C22H20N4O3. The number of fused-ring (bicyclic) bond motifs is 1. The van der Waals surface area contributed by atoms with Crippen molar-refractivity contribution in [2.75, 3.05) is 12.4 Å². The molecule has 1 amide bonds. The predicted molar refractivity (Wildman–Crippen MR) is 110 cm³/mol. The predicted octanol–water partition coefficient (Wildman–Crippen LogP) is 3.31. The van der Waals surface area contributed by atoms with Crippen LogP contribution in [0, 0.1) is 0 Å². The maximum absolute atomic E-state index is 12.8. The van der Waals surface area contributed by atoms with Gasteiger partial charge in [-0.25, -0.2) is 4.79 Å². The second-order valence-corrected chi connectivity index (χ2v) is 6.59. The molecule has 0 bridgehead atoms. The number of para-hydroxylation sites is 2. The normalized spacial score (nSPS) is 10.8. The number of anilines is 1. The van der Waals surface area contributed by atoms with Gasteiger partial charge in [0.2, 0.25) is 5.91 Å². The highest BCUT2D eigenvalue weighted by molar-refractivity contribution is 6.05. The molecule has 7 nitrogen and oxygen atoms in total. The molecule has 0 atom stereocenters. The van der Waals surface area contributed by atoms with Gasteiger partial charge in [-0.05, 0) is 23.8 Å². The number of nitrogens with zero attached hydrogens (tertiary/aromatic N) is 3. The van der Waals surface area contributed by atoms with Gasteiger partial charge in [0.25, 0.3) is 0 Å². The van der Waals surface area contributed by atoms with Crippen LogP contribution in [-0.4, -0.2) is 33.3 Å². The van der Waals surface area contributed by atoms with E-state index in [1.54, 1.807) is 21.6 Å². The lowest BCUT2D eigenvalue weighted by Gasteiger charge is -2.12. The highest BCUT2D eigenvalue weighted by Crippen LogP contribution is 2.22. The summed E-state index contributed by atoms with van der Waals surface area (Å²) in [6, 6.07) is 16.9. The first-order chi connectivity index (χ1) is 14.2. The van der Waals surface area contributed by atoms with Gasteiger partial charge in [0.1, 0.15) is 6.54 Å². The first-order valence-corrected chi connectivity index (χ1v) is 9.17. The second kappa shape index (κ2) is 8.02. The lowest BCUT2D eigenvalue weighted by atomic mass is 10.1. The molecule has 7 heteroatoms. The van der Waals surface area contributed by atoms with Crippen LogP contribution in [0.3, 0.4) is 0 Å². The van der Waals surface area contributed by atoms with E-state index < -0.39 is 5.97 Å².